The average Bonchev–Trinajstić information content (AvgIpc) is 1.66. The summed E-state index contributed by atoms with van der Waals surface area (Å²) in [6.07, 6.45) is 22.9. The van der Waals surface area contributed by atoms with Gasteiger partial charge in [-0.3, -0.25) is 48.1 Å². The van der Waals surface area contributed by atoms with E-state index in [0.29, 0.717) is 86.6 Å². The zero-order valence-corrected chi connectivity index (χ0v) is 65.1. The number of aryl methyl sites for hydroxylation is 6. The molecule has 3 aliphatic heterocycles. The summed E-state index contributed by atoms with van der Waals surface area (Å²) in [5.41, 5.74) is 12.9. The molecule has 0 aliphatic carbocycles. The fourth-order valence-corrected chi connectivity index (χ4v) is 13.5. The van der Waals surface area contributed by atoms with E-state index in [1.807, 2.05) is 87.3 Å². The molecule has 0 saturated carbocycles. The first-order valence-corrected chi connectivity index (χ1v) is 36.5. The maximum Gasteiger partial charge on any atom is 0.256 e. The van der Waals surface area contributed by atoms with E-state index in [-0.39, 0.29) is 35.8 Å². The highest BCUT2D eigenvalue weighted by Crippen LogP contribution is 2.37. The quantitative estimate of drug-likeness (QED) is 0.0367. The number of hydrogen-bond donors (Lipinski definition) is 9. The molecule has 37 nitrogen and oxygen atoms in total. The van der Waals surface area contributed by atoms with Crippen molar-refractivity contribution >= 4 is 103 Å². The van der Waals surface area contributed by atoms with Crippen molar-refractivity contribution in [1.82, 2.24) is 124 Å². The van der Waals surface area contributed by atoms with Crippen molar-refractivity contribution in [3.05, 3.63) is 103 Å². The fraction of sp³-hybridized carbons (Fsp3) is 0.405. The van der Waals surface area contributed by atoms with Crippen molar-refractivity contribution in [3.8, 4) is 51.4 Å². The van der Waals surface area contributed by atoms with E-state index >= 15 is 0 Å². The Labute approximate surface area is 640 Å². The van der Waals surface area contributed by atoms with Crippen LogP contribution in [0.5, 0.6) is 17.6 Å². The second kappa shape index (κ2) is 33.8. The molecule has 0 aromatic carbocycles. The summed E-state index contributed by atoms with van der Waals surface area (Å²) >= 11 is 0. The smallest absolute Gasteiger partial charge is 0.256 e. The van der Waals surface area contributed by atoms with Gasteiger partial charge in [-0.1, -0.05) is 0 Å². The van der Waals surface area contributed by atoms with Crippen LogP contribution in [0.1, 0.15) is 37.5 Å². The first kappa shape index (κ1) is 77.0. The second-order valence-corrected chi connectivity index (χ2v) is 28.0. The molecular formula is C74H95N31O6. The molecule has 15 rings (SSSR count). The Kier molecular flexibility index (Phi) is 23.4. The SMILES string of the molecule is COc1nn(C)cc1Nc1ncc(C)c(-c2c[nH]c3c(NC(=O)[C@H](C)N4CCN(C)CC4)cncc23)n1.COc1nn(C)cc1Nc1ncc(C)c(-c2c[nH]c3c(NC(=O)[C@H](C)N4CCN(C)CC4)nccc23)n1.COc1nn(C)cc1Nc1ncc(C)c(-c2c[nH]c3c(NC(=O)[C@H](C)N4CCN(C)CC4)ncnc23)n1. The summed E-state index contributed by atoms with van der Waals surface area (Å²) in [7, 11) is 16.4. The van der Waals surface area contributed by atoms with E-state index in [9.17, 15) is 14.4 Å². The van der Waals surface area contributed by atoms with Gasteiger partial charge in [0.15, 0.2) is 11.6 Å². The number of anilines is 9. The number of aromatic amines is 3. The number of carbonyl (C=O) groups excluding carboxylic acids is 3. The van der Waals surface area contributed by atoms with Crippen molar-refractivity contribution < 1.29 is 28.6 Å². The summed E-state index contributed by atoms with van der Waals surface area (Å²) in [5, 5.41) is 33.2. The van der Waals surface area contributed by atoms with Crippen LogP contribution in [0.2, 0.25) is 0 Å². The molecular weight excluding hydrogens is 1420 g/mol. The lowest BCUT2D eigenvalue weighted by Gasteiger charge is -2.35. The molecule has 3 saturated heterocycles. The molecule has 3 atom stereocenters. The van der Waals surface area contributed by atoms with E-state index in [2.05, 4.69) is 148 Å². The molecule has 12 aromatic heterocycles. The van der Waals surface area contributed by atoms with E-state index in [0.717, 1.165) is 145 Å². The minimum atomic E-state index is -0.268. The topological polar surface area (TPSA) is 400 Å². The van der Waals surface area contributed by atoms with E-state index < -0.39 is 0 Å². The molecule has 3 fully saturated rings. The summed E-state index contributed by atoms with van der Waals surface area (Å²) < 4.78 is 20.9. The van der Waals surface area contributed by atoms with Gasteiger partial charge >= 0.3 is 0 Å². The summed E-state index contributed by atoms with van der Waals surface area (Å²) in [6, 6.07) is 1.16. The number of amides is 3. The standard InChI is InChI=1S/2C25H32N10O2.C24H31N11O2/c1-15-10-28-25(30-20-14-34(4)32-24(20)37-5)31-21(15)18-12-27-22-17(18)11-26-13-19(22)29-23(36)16(2)35-8-6-33(3)7-9-35;1-15-12-28-25(29-19-14-34(4)32-24(19)37-5)30-20(15)18-13-27-21-17(18)6-7-26-22(21)31-23(36)16(2)35-10-8-33(3)9-11-35;1-14-10-26-24(29-17-12-34(4)32-23(17)37-5)30-18(14)16-11-25-20-19(16)27-13-28-21(20)31-22(36)15(2)35-8-6-33(3)7-9-35/h10-14,16,27H,6-9H2,1-5H3,(H,29,36)(H,28,30,31);6-7,12-14,16,27H,8-11H2,1-5H3,(H,26,31,36)(H,28,29,30);10-13,15,25H,6-9H2,1-5H3,(H,26,29,30)(H,27,28,31,36)/t2*16-;15-/m000/s1. The lowest BCUT2D eigenvalue weighted by molar-refractivity contribution is -0.122. The number of piperazine rings is 3. The van der Waals surface area contributed by atoms with Crippen molar-refractivity contribution in [1.29, 1.82) is 0 Å². The molecule has 37 heteroatoms. The Hall–Kier alpha value is -12.2. The number of H-pyrrole nitrogens is 3. The molecule has 0 radical (unpaired) electrons. The van der Waals surface area contributed by atoms with Crippen LogP contribution in [0.4, 0.5) is 52.2 Å². The van der Waals surface area contributed by atoms with Crippen LogP contribution in [0.15, 0.2) is 86.8 Å². The van der Waals surface area contributed by atoms with Crippen molar-refractivity contribution in [2.45, 2.75) is 59.7 Å². The molecule has 12 aromatic rings. The van der Waals surface area contributed by atoms with Crippen LogP contribution < -0.4 is 46.1 Å². The van der Waals surface area contributed by atoms with E-state index in [4.69, 9.17) is 29.2 Å². The van der Waals surface area contributed by atoms with Crippen molar-refractivity contribution in [2.24, 2.45) is 21.1 Å². The Morgan fingerprint density at radius 3 is 1.23 bits per heavy atom. The van der Waals surface area contributed by atoms with Gasteiger partial charge in [-0.25, -0.2) is 44.9 Å². The van der Waals surface area contributed by atoms with Crippen LogP contribution in [-0.2, 0) is 35.5 Å². The Morgan fingerprint density at radius 1 is 0.423 bits per heavy atom. The first-order chi connectivity index (χ1) is 53.5. The van der Waals surface area contributed by atoms with Gasteiger partial charge in [0.05, 0.1) is 98.0 Å². The first-order valence-electron chi connectivity index (χ1n) is 36.5. The predicted molar refractivity (Wildman–Crippen MR) is 424 cm³/mol. The highest BCUT2D eigenvalue weighted by atomic mass is 16.5. The average molecular weight is 1510 g/mol. The van der Waals surface area contributed by atoms with Crippen molar-refractivity contribution in [2.75, 3.05) is 153 Å². The number of aromatic nitrogens is 19. The minimum Gasteiger partial charge on any atom is -0.478 e. The number of nitrogens with zero attached hydrogens (tertiary/aromatic N) is 22. The normalized spacial score (nSPS) is 15.6. The van der Waals surface area contributed by atoms with Gasteiger partial charge < -0.3 is 75.8 Å². The van der Waals surface area contributed by atoms with Gasteiger partial charge in [0.1, 0.15) is 34.4 Å². The number of likely N-dealkylation sites (N-methyl/N-ethyl adjacent to an activating group) is 3. The zero-order chi connectivity index (χ0) is 78.3. The molecule has 15 heterocycles. The number of pyridine rings is 2. The number of rotatable bonds is 21. The summed E-state index contributed by atoms with van der Waals surface area (Å²) in [6.45, 7) is 22.5. The molecule has 111 heavy (non-hydrogen) atoms. The maximum atomic E-state index is 13.1. The van der Waals surface area contributed by atoms with Crippen molar-refractivity contribution in [3.63, 3.8) is 0 Å². The zero-order valence-electron chi connectivity index (χ0n) is 65.1. The highest BCUT2D eigenvalue weighted by molar-refractivity contribution is 6.08. The number of hydrogen-bond acceptors (Lipinski definition) is 28. The molecule has 0 bridgehead atoms. The summed E-state index contributed by atoms with van der Waals surface area (Å²) in [4.78, 5) is 108. The molecule has 0 unspecified atom stereocenters. The van der Waals surface area contributed by atoms with E-state index in [1.165, 1.54) is 6.33 Å². The fourth-order valence-electron chi connectivity index (χ4n) is 13.5. The number of fused-ring (bicyclic) bond motifs is 3. The third kappa shape index (κ3) is 17.3. The number of methoxy groups -OCH3 is 3. The Morgan fingerprint density at radius 2 is 0.802 bits per heavy atom. The van der Waals surface area contributed by atoms with Gasteiger partial charge in [0.25, 0.3) is 17.6 Å². The highest BCUT2D eigenvalue weighted by Gasteiger charge is 2.30. The van der Waals surface area contributed by atoms with E-state index in [1.54, 1.807) is 91.1 Å². The van der Waals surface area contributed by atoms with Gasteiger partial charge in [-0.15, -0.1) is 15.3 Å². The lowest BCUT2D eigenvalue weighted by atomic mass is 10.1. The number of nitrogens with one attached hydrogen (secondary N) is 9. The Bertz CT molecular complexity index is 4780. The van der Waals surface area contributed by atoms with Crippen LogP contribution >= 0.6 is 0 Å². The van der Waals surface area contributed by atoms with Gasteiger partial charge in [-0.05, 0) is 85.4 Å². The number of carbonyl (C=O) groups is 3. The molecule has 3 amide bonds. The minimum absolute atomic E-state index is 0.0508. The van der Waals surface area contributed by atoms with Gasteiger partial charge in [0, 0.05) is 177 Å². The molecule has 3 aliphatic rings. The largest absolute Gasteiger partial charge is 0.478 e. The van der Waals surface area contributed by atoms with Crippen LogP contribution in [0.3, 0.4) is 0 Å². The molecule has 9 N–H and O–H groups in total. The summed E-state index contributed by atoms with van der Waals surface area (Å²) in [5.74, 6) is 3.30. The molecule has 582 valence electrons. The lowest BCUT2D eigenvalue weighted by Crippen LogP contribution is -2.51. The predicted octanol–water partition coefficient (Wildman–Crippen LogP) is 6.56. The van der Waals surface area contributed by atoms with Gasteiger partial charge in [-0.2, -0.15) is 0 Å². The Balaban J connectivity index is 0.000000146. The second-order valence-electron chi connectivity index (χ2n) is 28.0. The number of ether oxygens (including phenoxy) is 3. The monoisotopic (exact) mass is 1510 g/mol. The van der Waals surface area contributed by atoms with Crippen LogP contribution in [-0.4, -0.2) is 280 Å². The maximum absolute atomic E-state index is 13.1. The third-order valence-electron chi connectivity index (χ3n) is 20.2. The van der Waals surface area contributed by atoms with Gasteiger partial charge in [0.2, 0.25) is 35.6 Å². The third-order valence-corrected chi connectivity index (χ3v) is 20.2. The van der Waals surface area contributed by atoms with Crippen LogP contribution in [0.25, 0.3) is 66.6 Å². The molecule has 0 spiro atoms. The van der Waals surface area contributed by atoms with Crippen LogP contribution in [0, 0.1) is 20.8 Å².